The highest BCUT2D eigenvalue weighted by atomic mass is 32.2. The van der Waals surface area contributed by atoms with Crippen LogP contribution in [-0.4, -0.2) is 44.0 Å². The van der Waals surface area contributed by atoms with Crippen molar-refractivity contribution in [3.05, 3.63) is 59.2 Å². The summed E-state index contributed by atoms with van der Waals surface area (Å²) < 4.78 is 27.1. The molecule has 7 nitrogen and oxygen atoms in total. The molecule has 1 aromatic heterocycles. The zero-order valence-electron chi connectivity index (χ0n) is 20.2. The average Bonchev–Trinajstić information content (AvgIpc) is 3.24. The van der Waals surface area contributed by atoms with Crippen molar-refractivity contribution in [2.45, 2.75) is 51.9 Å². The van der Waals surface area contributed by atoms with Crippen molar-refractivity contribution < 1.29 is 18.0 Å². The standard InChI is InChI=1S/C24H27N3O4S.C2H6/c1-27(2)32(30,31)26-24(29)17-12-13-20-21(14-17)25-23(19-11-7-6-10-18(19)15-28)22(20)16-8-4-3-5-9-16;1-2/h6-7,10-16,25H,3-5,8-9H2,1-2H3,(H,26,29);1-2H3. The number of nitrogens with one attached hydrogen (secondary N) is 2. The minimum Gasteiger partial charge on any atom is -0.354 e. The molecular weight excluding hydrogens is 450 g/mol. The minimum atomic E-state index is -3.89. The average molecular weight is 484 g/mol. The lowest BCUT2D eigenvalue weighted by atomic mass is 9.81. The number of aromatic amines is 1. The van der Waals surface area contributed by atoms with E-state index in [9.17, 15) is 18.0 Å². The van der Waals surface area contributed by atoms with Gasteiger partial charge in [-0.25, -0.2) is 4.72 Å². The smallest absolute Gasteiger partial charge is 0.303 e. The van der Waals surface area contributed by atoms with Gasteiger partial charge >= 0.3 is 10.2 Å². The van der Waals surface area contributed by atoms with E-state index in [1.165, 1.54) is 26.1 Å². The summed E-state index contributed by atoms with van der Waals surface area (Å²) in [5, 5.41) is 1.000. The Bertz CT molecular complexity index is 1270. The van der Waals surface area contributed by atoms with Crippen LogP contribution in [0.3, 0.4) is 0 Å². The van der Waals surface area contributed by atoms with Gasteiger partial charge in [0, 0.05) is 41.7 Å². The van der Waals surface area contributed by atoms with E-state index < -0.39 is 16.1 Å². The molecular formula is C26H33N3O4S. The van der Waals surface area contributed by atoms with Gasteiger partial charge in [-0.2, -0.15) is 12.7 Å². The summed E-state index contributed by atoms with van der Waals surface area (Å²) in [7, 11) is -1.17. The third kappa shape index (κ3) is 5.23. The number of carbonyl (C=O) groups excluding carboxylic acids is 2. The highest BCUT2D eigenvalue weighted by molar-refractivity contribution is 7.87. The molecule has 2 N–H and O–H groups in total. The summed E-state index contributed by atoms with van der Waals surface area (Å²) in [4.78, 5) is 27.7. The molecule has 1 aliphatic carbocycles. The molecule has 4 rings (SSSR count). The number of carbonyl (C=O) groups is 2. The summed E-state index contributed by atoms with van der Waals surface area (Å²) in [5.41, 5.74) is 4.49. The monoisotopic (exact) mass is 483 g/mol. The number of benzene rings is 2. The molecule has 0 atom stereocenters. The Balaban J connectivity index is 0.00000158. The third-order valence-electron chi connectivity index (χ3n) is 6.17. The molecule has 1 fully saturated rings. The molecule has 8 heteroatoms. The van der Waals surface area contributed by atoms with Gasteiger partial charge in [-0.05, 0) is 36.5 Å². The minimum absolute atomic E-state index is 0.245. The van der Waals surface area contributed by atoms with Crippen LogP contribution in [0.15, 0.2) is 42.5 Å². The highest BCUT2D eigenvalue weighted by Gasteiger charge is 2.25. The van der Waals surface area contributed by atoms with E-state index in [1.54, 1.807) is 18.2 Å². The second-order valence-electron chi connectivity index (χ2n) is 8.43. The lowest BCUT2D eigenvalue weighted by molar-refractivity contribution is 0.0979. The van der Waals surface area contributed by atoms with E-state index in [4.69, 9.17) is 0 Å². The Morgan fingerprint density at radius 3 is 2.38 bits per heavy atom. The van der Waals surface area contributed by atoms with Crippen molar-refractivity contribution in [2.75, 3.05) is 14.1 Å². The summed E-state index contributed by atoms with van der Waals surface area (Å²) >= 11 is 0. The van der Waals surface area contributed by atoms with Crippen molar-refractivity contribution in [1.29, 1.82) is 0 Å². The van der Waals surface area contributed by atoms with Crippen LogP contribution < -0.4 is 4.72 Å². The van der Waals surface area contributed by atoms with E-state index in [0.29, 0.717) is 11.5 Å². The van der Waals surface area contributed by atoms with Gasteiger partial charge in [0.1, 0.15) is 0 Å². The molecule has 0 aliphatic heterocycles. The van der Waals surface area contributed by atoms with Crippen molar-refractivity contribution in [3.8, 4) is 11.3 Å². The van der Waals surface area contributed by atoms with Crippen molar-refractivity contribution in [1.82, 2.24) is 14.0 Å². The van der Waals surface area contributed by atoms with Crippen LogP contribution >= 0.6 is 0 Å². The normalized spacial score (nSPS) is 14.5. The lowest BCUT2D eigenvalue weighted by Crippen LogP contribution is -2.39. The van der Waals surface area contributed by atoms with E-state index in [1.807, 2.05) is 38.1 Å². The van der Waals surface area contributed by atoms with E-state index in [0.717, 1.165) is 58.4 Å². The summed E-state index contributed by atoms with van der Waals surface area (Å²) in [6.07, 6.45) is 6.56. The summed E-state index contributed by atoms with van der Waals surface area (Å²) in [6, 6.07) is 12.7. The molecule has 2 aromatic carbocycles. The molecule has 1 aliphatic rings. The van der Waals surface area contributed by atoms with Crippen LogP contribution in [0.4, 0.5) is 0 Å². The van der Waals surface area contributed by atoms with Gasteiger partial charge in [0.15, 0.2) is 6.29 Å². The van der Waals surface area contributed by atoms with Crippen LogP contribution in [0.2, 0.25) is 0 Å². The predicted octanol–water partition coefficient (Wildman–Crippen LogP) is 5.26. The Labute approximate surface area is 201 Å². The molecule has 0 spiro atoms. The first-order valence-corrected chi connectivity index (χ1v) is 13.2. The van der Waals surface area contributed by atoms with Crippen LogP contribution in [0, 0.1) is 0 Å². The third-order valence-corrected chi connectivity index (χ3v) is 7.58. The van der Waals surface area contributed by atoms with Gasteiger partial charge < -0.3 is 4.98 Å². The number of H-pyrrole nitrogens is 1. The van der Waals surface area contributed by atoms with Gasteiger partial charge in [-0.15, -0.1) is 0 Å². The highest BCUT2D eigenvalue weighted by Crippen LogP contribution is 2.43. The quantitative estimate of drug-likeness (QED) is 0.467. The fourth-order valence-corrected chi connectivity index (χ4v) is 5.02. The van der Waals surface area contributed by atoms with Crippen LogP contribution in [0.5, 0.6) is 0 Å². The maximum Gasteiger partial charge on any atom is 0.303 e. The zero-order valence-corrected chi connectivity index (χ0v) is 21.0. The molecule has 1 saturated carbocycles. The first-order valence-electron chi connectivity index (χ1n) is 11.8. The van der Waals surface area contributed by atoms with Crippen molar-refractivity contribution >= 4 is 33.3 Å². The van der Waals surface area contributed by atoms with Gasteiger partial charge in [0.05, 0.1) is 5.69 Å². The van der Waals surface area contributed by atoms with Gasteiger partial charge in [-0.3, -0.25) is 9.59 Å². The molecule has 0 bridgehead atoms. The maximum absolute atomic E-state index is 12.6. The number of amides is 1. The number of hydrogen-bond acceptors (Lipinski definition) is 4. The number of fused-ring (bicyclic) bond motifs is 1. The SMILES string of the molecule is CC.CN(C)S(=O)(=O)NC(=O)c1ccc2c(C3CCCCC3)c(-c3ccccc3C=O)[nH]c2c1. The van der Waals surface area contributed by atoms with E-state index in [-0.39, 0.29) is 5.56 Å². The Kier molecular flexibility index (Phi) is 8.28. The largest absolute Gasteiger partial charge is 0.354 e. The lowest BCUT2D eigenvalue weighted by Gasteiger charge is -2.23. The number of nitrogens with zero attached hydrogens (tertiary/aromatic N) is 1. The molecule has 0 saturated heterocycles. The Morgan fingerprint density at radius 2 is 1.74 bits per heavy atom. The van der Waals surface area contributed by atoms with Crippen molar-refractivity contribution in [3.63, 3.8) is 0 Å². The summed E-state index contributed by atoms with van der Waals surface area (Å²) in [6.45, 7) is 4.00. The molecule has 182 valence electrons. The van der Waals surface area contributed by atoms with E-state index >= 15 is 0 Å². The van der Waals surface area contributed by atoms with Gasteiger partial charge in [0.25, 0.3) is 5.91 Å². The van der Waals surface area contributed by atoms with Crippen LogP contribution in [0.1, 0.15) is 78.1 Å². The van der Waals surface area contributed by atoms with Gasteiger partial charge in [-0.1, -0.05) is 63.4 Å². The fraction of sp³-hybridized carbons (Fsp3) is 0.385. The second kappa shape index (κ2) is 11.0. The Morgan fingerprint density at radius 1 is 1.06 bits per heavy atom. The summed E-state index contributed by atoms with van der Waals surface area (Å²) in [5.74, 6) is -0.328. The number of aromatic nitrogens is 1. The Hall–Kier alpha value is -2.97. The number of hydrogen-bond donors (Lipinski definition) is 2. The molecule has 1 amide bonds. The molecule has 1 heterocycles. The topological polar surface area (TPSA) is 99.3 Å². The maximum atomic E-state index is 12.6. The van der Waals surface area contributed by atoms with Crippen LogP contribution in [-0.2, 0) is 10.2 Å². The fourth-order valence-electron chi connectivity index (χ4n) is 4.48. The van der Waals surface area contributed by atoms with Crippen LogP contribution in [0.25, 0.3) is 22.2 Å². The second-order valence-corrected chi connectivity index (χ2v) is 10.3. The predicted molar refractivity (Wildman–Crippen MR) is 136 cm³/mol. The zero-order chi connectivity index (χ0) is 24.9. The molecule has 34 heavy (non-hydrogen) atoms. The first-order chi connectivity index (χ1) is 16.3. The number of rotatable bonds is 6. The molecule has 0 unspecified atom stereocenters. The van der Waals surface area contributed by atoms with E-state index in [2.05, 4.69) is 9.71 Å². The van der Waals surface area contributed by atoms with Gasteiger partial charge in [0.2, 0.25) is 0 Å². The molecule has 0 radical (unpaired) electrons. The number of aldehydes is 1. The molecule has 3 aromatic rings. The van der Waals surface area contributed by atoms with Crippen molar-refractivity contribution in [2.24, 2.45) is 0 Å². The first kappa shape index (κ1) is 25.6.